The molecule has 0 aliphatic carbocycles. The molecule has 3 N–H and O–H groups in total. The van der Waals surface area contributed by atoms with Gasteiger partial charge in [0.1, 0.15) is 0 Å². The van der Waals surface area contributed by atoms with E-state index >= 15 is 0 Å². The highest BCUT2D eigenvalue weighted by atomic mass is 35.5. The van der Waals surface area contributed by atoms with Crippen LogP contribution >= 0.6 is 22.9 Å². The normalized spacial score (nSPS) is 10.9. The first-order valence-electron chi connectivity index (χ1n) is 6.53. The van der Waals surface area contributed by atoms with Crippen LogP contribution in [0.1, 0.15) is 25.7 Å². The fourth-order valence-electron chi connectivity index (χ4n) is 2.15. The molecule has 2 aromatic rings. The third kappa shape index (κ3) is 4.28. The molecule has 1 aromatic carbocycles. The number of rotatable bonds is 5. The highest BCUT2D eigenvalue weighted by molar-refractivity contribution is 7.14. The van der Waals surface area contributed by atoms with Crippen LogP contribution in [0.3, 0.4) is 0 Å². The maximum absolute atomic E-state index is 11.5. The van der Waals surface area contributed by atoms with Crippen molar-refractivity contribution in [1.82, 2.24) is 10.3 Å². The predicted molar refractivity (Wildman–Crippen MR) is 87.3 cm³/mol. The molecule has 1 heterocycles. The van der Waals surface area contributed by atoms with Crippen LogP contribution in [-0.4, -0.2) is 17.9 Å². The van der Waals surface area contributed by atoms with Gasteiger partial charge in [0.15, 0.2) is 0 Å². The highest BCUT2D eigenvalue weighted by Crippen LogP contribution is 2.23. The third-order valence-corrected chi connectivity index (χ3v) is 4.48. The lowest BCUT2D eigenvalue weighted by atomic mass is 10.2. The lowest BCUT2D eigenvalue weighted by Crippen LogP contribution is -2.29. The first-order valence-corrected chi connectivity index (χ1v) is 7.72. The molecule has 0 saturated carbocycles. The Hall–Kier alpha value is -1.40. The second-order valence-electron chi connectivity index (χ2n) is 4.97. The van der Waals surface area contributed by atoms with E-state index in [9.17, 15) is 4.79 Å². The molecule has 0 saturated heterocycles. The van der Waals surface area contributed by atoms with Crippen LogP contribution in [0, 0.1) is 6.92 Å². The molecule has 0 atom stereocenters. The molecule has 21 heavy (non-hydrogen) atoms. The number of nitrogens with one attached hydrogen (secondary N) is 1. The van der Waals surface area contributed by atoms with E-state index in [1.807, 2.05) is 38.2 Å². The van der Waals surface area contributed by atoms with Crippen LogP contribution in [-0.2, 0) is 13.1 Å². The summed E-state index contributed by atoms with van der Waals surface area (Å²) in [4.78, 5) is 15.5. The summed E-state index contributed by atoms with van der Waals surface area (Å²) < 4.78 is 0. The molecule has 2 rings (SSSR count). The number of aryl methyl sites for hydroxylation is 1. The number of thiophene rings is 1. The minimum absolute atomic E-state index is 0.244. The standard InChI is InChI=1S/C15H18ClN3OS/c1-10-12(7-14(21-10)15(20)18-17)9-19(2)8-11-4-3-5-13(16)6-11/h3-7H,8-9,17H2,1-2H3,(H,18,20). The van der Waals surface area contributed by atoms with E-state index in [2.05, 4.69) is 16.4 Å². The van der Waals surface area contributed by atoms with Crippen molar-refractivity contribution in [3.8, 4) is 0 Å². The van der Waals surface area contributed by atoms with E-state index in [-0.39, 0.29) is 5.91 Å². The molecule has 0 aliphatic rings. The molecule has 0 unspecified atom stereocenters. The molecule has 112 valence electrons. The van der Waals surface area contributed by atoms with Gasteiger partial charge in [-0.3, -0.25) is 15.1 Å². The fraction of sp³-hybridized carbons (Fsp3) is 0.267. The lowest BCUT2D eigenvalue weighted by Gasteiger charge is -2.16. The van der Waals surface area contributed by atoms with Gasteiger partial charge in [0.25, 0.3) is 5.91 Å². The Morgan fingerprint density at radius 2 is 2.14 bits per heavy atom. The molecular formula is C15H18ClN3OS. The van der Waals surface area contributed by atoms with E-state index < -0.39 is 0 Å². The summed E-state index contributed by atoms with van der Waals surface area (Å²) in [5, 5.41) is 0.745. The van der Waals surface area contributed by atoms with Crippen LogP contribution in [0.25, 0.3) is 0 Å². The van der Waals surface area contributed by atoms with Crippen molar-refractivity contribution < 1.29 is 4.79 Å². The van der Waals surface area contributed by atoms with Gasteiger partial charge in [-0.2, -0.15) is 0 Å². The Morgan fingerprint density at radius 1 is 1.38 bits per heavy atom. The van der Waals surface area contributed by atoms with Crippen molar-refractivity contribution in [2.45, 2.75) is 20.0 Å². The summed E-state index contributed by atoms with van der Waals surface area (Å²) in [6.07, 6.45) is 0. The maximum Gasteiger partial charge on any atom is 0.275 e. The SMILES string of the molecule is Cc1sc(C(=O)NN)cc1CN(C)Cc1cccc(Cl)c1. The van der Waals surface area contributed by atoms with Gasteiger partial charge >= 0.3 is 0 Å². The van der Waals surface area contributed by atoms with Crippen molar-refractivity contribution in [2.75, 3.05) is 7.05 Å². The van der Waals surface area contributed by atoms with E-state index in [0.717, 1.165) is 34.1 Å². The van der Waals surface area contributed by atoms with Crippen LogP contribution < -0.4 is 11.3 Å². The Bertz CT molecular complexity index is 642. The Balaban J connectivity index is 2.04. The van der Waals surface area contributed by atoms with E-state index in [4.69, 9.17) is 17.4 Å². The van der Waals surface area contributed by atoms with Gasteiger partial charge in [-0.15, -0.1) is 11.3 Å². The summed E-state index contributed by atoms with van der Waals surface area (Å²) in [5.41, 5.74) is 4.47. The summed E-state index contributed by atoms with van der Waals surface area (Å²) in [6, 6.07) is 9.73. The maximum atomic E-state index is 11.5. The number of halogens is 1. The van der Waals surface area contributed by atoms with Gasteiger partial charge in [0.2, 0.25) is 0 Å². The monoisotopic (exact) mass is 323 g/mol. The van der Waals surface area contributed by atoms with Crippen molar-refractivity contribution in [2.24, 2.45) is 5.84 Å². The first-order chi connectivity index (χ1) is 9.99. The van der Waals surface area contributed by atoms with Crippen LogP contribution in [0.4, 0.5) is 0 Å². The zero-order chi connectivity index (χ0) is 15.4. The lowest BCUT2D eigenvalue weighted by molar-refractivity contribution is 0.0957. The number of nitrogen functional groups attached to an aromatic ring is 1. The van der Waals surface area contributed by atoms with Gasteiger partial charge in [-0.1, -0.05) is 23.7 Å². The molecular weight excluding hydrogens is 306 g/mol. The molecule has 0 spiro atoms. The molecule has 1 amide bonds. The van der Waals surface area contributed by atoms with Crippen molar-refractivity contribution in [3.05, 3.63) is 56.2 Å². The topological polar surface area (TPSA) is 58.4 Å². The van der Waals surface area contributed by atoms with Gasteiger partial charge < -0.3 is 0 Å². The summed E-state index contributed by atoms with van der Waals surface area (Å²) in [6.45, 7) is 3.58. The van der Waals surface area contributed by atoms with Crippen LogP contribution in [0.2, 0.25) is 5.02 Å². The van der Waals surface area contributed by atoms with E-state index in [1.165, 1.54) is 11.3 Å². The Kier molecular flexibility index (Phi) is 5.36. The molecule has 0 aliphatic heterocycles. The van der Waals surface area contributed by atoms with Crippen LogP contribution in [0.15, 0.2) is 30.3 Å². The third-order valence-electron chi connectivity index (χ3n) is 3.16. The summed E-state index contributed by atoms with van der Waals surface area (Å²) >= 11 is 7.45. The average Bonchev–Trinajstić information content (AvgIpc) is 2.79. The minimum atomic E-state index is -0.244. The number of hydrogen-bond acceptors (Lipinski definition) is 4. The first kappa shape index (κ1) is 16.0. The number of carbonyl (C=O) groups is 1. The number of nitrogens with zero attached hydrogens (tertiary/aromatic N) is 1. The molecule has 1 aromatic heterocycles. The van der Waals surface area contributed by atoms with Gasteiger partial charge in [0.05, 0.1) is 4.88 Å². The quantitative estimate of drug-likeness (QED) is 0.505. The molecule has 4 nitrogen and oxygen atoms in total. The predicted octanol–water partition coefficient (Wildman–Crippen LogP) is 2.95. The van der Waals surface area contributed by atoms with Crippen molar-refractivity contribution >= 4 is 28.8 Å². The number of benzene rings is 1. The molecule has 6 heteroatoms. The van der Waals surface area contributed by atoms with Gasteiger partial charge in [0, 0.05) is 23.0 Å². The second kappa shape index (κ2) is 7.04. The Labute approximate surface area is 133 Å². The van der Waals surface area contributed by atoms with E-state index in [1.54, 1.807) is 0 Å². The van der Waals surface area contributed by atoms with Gasteiger partial charge in [-0.05, 0) is 43.3 Å². The molecule has 0 radical (unpaired) electrons. The zero-order valence-corrected chi connectivity index (χ0v) is 13.6. The largest absolute Gasteiger partial charge is 0.298 e. The highest BCUT2D eigenvalue weighted by Gasteiger charge is 2.13. The number of amides is 1. The molecule has 0 bridgehead atoms. The second-order valence-corrected chi connectivity index (χ2v) is 6.66. The molecule has 0 fully saturated rings. The smallest absolute Gasteiger partial charge is 0.275 e. The van der Waals surface area contributed by atoms with Crippen LogP contribution in [0.5, 0.6) is 0 Å². The van der Waals surface area contributed by atoms with Crippen molar-refractivity contribution in [3.63, 3.8) is 0 Å². The minimum Gasteiger partial charge on any atom is -0.298 e. The zero-order valence-electron chi connectivity index (χ0n) is 12.0. The fourth-order valence-corrected chi connectivity index (χ4v) is 3.30. The Morgan fingerprint density at radius 3 is 2.81 bits per heavy atom. The van der Waals surface area contributed by atoms with Gasteiger partial charge in [-0.25, -0.2) is 5.84 Å². The van der Waals surface area contributed by atoms with E-state index in [0.29, 0.717) is 4.88 Å². The average molecular weight is 324 g/mol. The summed E-state index contributed by atoms with van der Waals surface area (Å²) in [5.74, 6) is 4.92. The number of nitrogens with two attached hydrogens (primary N) is 1. The number of hydrazine groups is 1. The van der Waals surface area contributed by atoms with Crippen molar-refractivity contribution in [1.29, 1.82) is 0 Å². The number of carbonyl (C=O) groups excluding carboxylic acids is 1. The summed E-state index contributed by atoms with van der Waals surface area (Å²) in [7, 11) is 2.04. The number of hydrogen-bond donors (Lipinski definition) is 2.